The highest BCUT2D eigenvalue weighted by molar-refractivity contribution is 7.98. The summed E-state index contributed by atoms with van der Waals surface area (Å²) in [5, 5.41) is 11.9. The molecule has 28 heavy (non-hydrogen) atoms. The first-order valence-corrected chi connectivity index (χ1v) is 10.3. The van der Waals surface area contributed by atoms with Crippen molar-refractivity contribution in [1.82, 2.24) is 25.1 Å². The maximum atomic E-state index is 13.7. The van der Waals surface area contributed by atoms with E-state index in [4.69, 9.17) is 0 Å². The Morgan fingerprint density at radius 1 is 1.29 bits per heavy atom. The van der Waals surface area contributed by atoms with Crippen LogP contribution >= 0.6 is 11.8 Å². The van der Waals surface area contributed by atoms with Crippen molar-refractivity contribution in [2.75, 3.05) is 24.7 Å². The van der Waals surface area contributed by atoms with Crippen molar-refractivity contribution in [2.45, 2.75) is 25.5 Å². The average Bonchev–Trinajstić information content (AvgIpc) is 3.09. The van der Waals surface area contributed by atoms with E-state index in [9.17, 15) is 9.18 Å². The van der Waals surface area contributed by atoms with Crippen molar-refractivity contribution < 1.29 is 9.18 Å². The Morgan fingerprint density at radius 3 is 2.79 bits per heavy atom. The molecule has 3 aromatic rings. The Kier molecular flexibility index (Phi) is 6.45. The average molecular weight is 402 g/mol. The largest absolute Gasteiger partial charge is 0.369 e. The number of benzene rings is 1. The Balaban J connectivity index is 1.73. The van der Waals surface area contributed by atoms with E-state index in [0.29, 0.717) is 29.8 Å². The lowest BCUT2D eigenvalue weighted by Gasteiger charge is -2.11. The third-order valence-corrected chi connectivity index (χ3v) is 4.61. The molecule has 2 aromatic heterocycles. The van der Waals surface area contributed by atoms with Gasteiger partial charge < -0.3 is 10.6 Å². The molecular formula is C19H23FN6OS. The van der Waals surface area contributed by atoms with Gasteiger partial charge in [-0.05, 0) is 24.3 Å². The molecular weight excluding hydrogens is 379 g/mol. The van der Waals surface area contributed by atoms with Gasteiger partial charge in [0.2, 0.25) is 0 Å². The third kappa shape index (κ3) is 4.59. The lowest BCUT2D eigenvalue weighted by molar-refractivity contribution is 0.0948. The van der Waals surface area contributed by atoms with Crippen molar-refractivity contribution in [2.24, 2.45) is 5.92 Å². The second-order valence-electron chi connectivity index (χ2n) is 6.67. The van der Waals surface area contributed by atoms with Gasteiger partial charge in [-0.25, -0.2) is 19.0 Å². The molecule has 0 aliphatic carbocycles. The first-order chi connectivity index (χ1) is 13.5. The highest BCUT2D eigenvalue weighted by Gasteiger charge is 2.14. The van der Waals surface area contributed by atoms with Gasteiger partial charge in [-0.3, -0.25) is 4.79 Å². The lowest BCUT2D eigenvalue weighted by Crippen LogP contribution is -2.28. The maximum absolute atomic E-state index is 13.7. The first kappa shape index (κ1) is 20.1. The molecule has 9 heteroatoms. The molecule has 0 aliphatic rings. The quantitative estimate of drug-likeness (QED) is 0.445. The van der Waals surface area contributed by atoms with E-state index < -0.39 is 11.7 Å². The molecule has 1 amide bonds. The fraction of sp³-hybridized carbons (Fsp3) is 0.368. The third-order valence-electron chi connectivity index (χ3n) is 4.06. The molecule has 0 saturated heterocycles. The van der Waals surface area contributed by atoms with Crippen LogP contribution in [0.3, 0.4) is 0 Å². The number of rotatable bonds is 8. The van der Waals surface area contributed by atoms with Crippen LogP contribution in [0, 0.1) is 11.7 Å². The molecule has 0 bridgehead atoms. The molecule has 3 rings (SSSR count). The molecule has 2 heterocycles. The van der Waals surface area contributed by atoms with Crippen LogP contribution in [-0.4, -0.2) is 45.0 Å². The lowest BCUT2D eigenvalue weighted by atomic mass is 10.2. The van der Waals surface area contributed by atoms with Gasteiger partial charge in [-0.1, -0.05) is 37.7 Å². The van der Waals surface area contributed by atoms with Gasteiger partial charge in [0, 0.05) is 13.1 Å². The van der Waals surface area contributed by atoms with E-state index in [1.54, 1.807) is 23.0 Å². The maximum Gasteiger partial charge on any atom is 0.254 e. The molecule has 0 aliphatic heterocycles. The zero-order chi connectivity index (χ0) is 20.1. The number of amides is 1. The molecule has 0 unspecified atom stereocenters. The summed E-state index contributed by atoms with van der Waals surface area (Å²) >= 11 is 1.46. The number of thioether (sulfide) groups is 1. The standard InChI is InChI=1S/C19H23FN6OS/c1-12(2)10-22-16-14-11-23-26(17(14)25-19(24-16)28-3)9-8-21-18(27)13-6-4-5-7-15(13)20/h4-7,11-12H,8-10H2,1-3H3,(H,21,27)(H,22,24,25). The number of halogens is 1. The van der Waals surface area contributed by atoms with Crippen LogP contribution in [0.25, 0.3) is 11.0 Å². The first-order valence-electron chi connectivity index (χ1n) is 9.03. The van der Waals surface area contributed by atoms with Crippen molar-refractivity contribution >= 4 is 34.5 Å². The Bertz CT molecular complexity index is 974. The molecule has 2 N–H and O–H groups in total. The summed E-state index contributed by atoms with van der Waals surface area (Å²) in [5.41, 5.74) is 0.728. The smallest absolute Gasteiger partial charge is 0.254 e. The number of carbonyl (C=O) groups excluding carboxylic acids is 1. The fourth-order valence-corrected chi connectivity index (χ4v) is 3.00. The van der Waals surface area contributed by atoms with Crippen molar-refractivity contribution in [3.05, 3.63) is 41.8 Å². The molecule has 0 atom stereocenters. The topological polar surface area (TPSA) is 84.7 Å². The van der Waals surface area contributed by atoms with Gasteiger partial charge in [0.05, 0.1) is 23.7 Å². The predicted molar refractivity (Wildman–Crippen MR) is 109 cm³/mol. The minimum Gasteiger partial charge on any atom is -0.369 e. The molecule has 0 spiro atoms. The normalized spacial score (nSPS) is 11.2. The number of anilines is 1. The highest BCUT2D eigenvalue weighted by Crippen LogP contribution is 2.23. The molecule has 0 saturated carbocycles. The SMILES string of the molecule is CSc1nc(NCC(C)C)c2cnn(CCNC(=O)c3ccccc3F)c2n1. The van der Waals surface area contributed by atoms with Crippen molar-refractivity contribution in [3.8, 4) is 0 Å². The van der Waals surface area contributed by atoms with E-state index in [1.165, 1.54) is 23.9 Å². The second kappa shape index (κ2) is 9.01. The fourth-order valence-electron chi connectivity index (χ4n) is 2.64. The minimum atomic E-state index is -0.539. The Labute approximate surface area is 167 Å². The van der Waals surface area contributed by atoms with Crippen LogP contribution in [0.1, 0.15) is 24.2 Å². The van der Waals surface area contributed by atoms with Gasteiger partial charge in [0.15, 0.2) is 10.8 Å². The second-order valence-corrected chi connectivity index (χ2v) is 7.45. The van der Waals surface area contributed by atoms with Crippen LogP contribution in [0.2, 0.25) is 0 Å². The van der Waals surface area contributed by atoms with Gasteiger partial charge in [-0.2, -0.15) is 5.10 Å². The Hall–Kier alpha value is -2.68. The summed E-state index contributed by atoms with van der Waals surface area (Å²) in [7, 11) is 0. The molecule has 148 valence electrons. The highest BCUT2D eigenvalue weighted by atomic mass is 32.2. The van der Waals surface area contributed by atoms with Gasteiger partial charge >= 0.3 is 0 Å². The van der Waals surface area contributed by atoms with Crippen LogP contribution in [0.4, 0.5) is 10.2 Å². The number of hydrogen-bond acceptors (Lipinski definition) is 6. The number of hydrogen-bond donors (Lipinski definition) is 2. The minimum absolute atomic E-state index is 0.0278. The summed E-state index contributed by atoms with van der Waals surface area (Å²) in [5.74, 6) is 0.243. The van der Waals surface area contributed by atoms with E-state index in [-0.39, 0.29) is 5.56 Å². The Morgan fingerprint density at radius 2 is 2.07 bits per heavy atom. The zero-order valence-corrected chi connectivity index (χ0v) is 16.9. The summed E-state index contributed by atoms with van der Waals surface area (Å²) in [4.78, 5) is 21.2. The van der Waals surface area contributed by atoms with E-state index in [0.717, 1.165) is 17.7 Å². The van der Waals surface area contributed by atoms with Gasteiger partial charge in [0.1, 0.15) is 11.6 Å². The van der Waals surface area contributed by atoms with Crippen LogP contribution < -0.4 is 10.6 Å². The molecule has 0 fully saturated rings. The number of nitrogens with one attached hydrogen (secondary N) is 2. The predicted octanol–water partition coefficient (Wildman–Crippen LogP) is 3.19. The van der Waals surface area contributed by atoms with Crippen LogP contribution in [-0.2, 0) is 6.54 Å². The molecule has 7 nitrogen and oxygen atoms in total. The number of nitrogens with zero attached hydrogens (tertiary/aromatic N) is 4. The molecule has 1 aromatic carbocycles. The van der Waals surface area contributed by atoms with Gasteiger partial charge in [-0.15, -0.1) is 0 Å². The van der Waals surface area contributed by atoms with Crippen molar-refractivity contribution in [1.29, 1.82) is 0 Å². The van der Waals surface area contributed by atoms with E-state index >= 15 is 0 Å². The number of aromatic nitrogens is 4. The summed E-state index contributed by atoms with van der Waals surface area (Å²) < 4.78 is 15.4. The van der Waals surface area contributed by atoms with E-state index in [1.807, 2.05) is 6.26 Å². The molecule has 0 radical (unpaired) electrons. The number of carbonyl (C=O) groups is 1. The van der Waals surface area contributed by atoms with Crippen molar-refractivity contribution in [3.63, 3.8) is 0 Å². The summed E-state index contributed by atoms with van der Waals surface area (Å²) in [6.07, 6.45) is 3.64. The van der Waals surface area contributed by atoms with E-state index in [2.05, 4.69) is 39.5 Å². The van der Waals surface area contributed by atoms with Crippen LogP contribution in [0.5, 0.6) is 0 Å². The number of fused-ring (bicyclic) bond motifs is 1. The summed E-state index contributed by atoms with van der Waals surface area (Å²) in [6.45, 7) is 5.77. The monoisotopic (exact) mass is 402 g/mol. The van der Waals surface area contributed by atoms with Gasteiger partial charge in [0.25, 0.3) is 5.91 Å². The van der Waals surface area contributed by atoms with Crippen LogP contribution in [0.15, 0.2) is 35.6 Å². The zero-order valence-electron chi connectivity index (χ0n) is 16.1. The summed E-state index contributed by atoms with van der Waals surface area (Å²) in [6, 6.07) is 5.91.